The lowest BCUT2D eigenvalue weighted by Gasteiger charge is -2.11. The molecule has 0 bridgehead atoms. The summed E-state index contributed by atoms with van der Waals surface area (Å²) in [6, 6.07) is 2.88. The van der Waals surface area contributed by atoms with Gasteiger partial charge in [0.05, 0.1) is 6.10 Å². The molecule has 0 aliphatic rings. The molecule has 13 heavy (non-hydrogen) atoms. The summed E-state index contributed by atoms with van der Waals surface area (Å²) in [6.45, 7) is 5.44. The van der Waals surface area contributed by atoms with Crippen LogP contribution in [0.15, 0.2) is 12.1 Å². The van der Waals surface area contributed by atoms with Gasteiger partial charge in [-0.1, -0.05) is 11.6 Å². The molecule has 0 saturated heterocycles. The van der Waals surface area contributed by atoms with Crippen molar-refractivity contribution in [2.75, 3.05) is 0 Å². The zero-order valence-electron chi connectivity index (χ0n) is 7.90. The molecule has 0 aliphatic heterocycles. The average molecular weight is 203 g/mol. The van der Waals surface area contributed by atoms with E-state index >= 15 is 0 Å². The minimum Gasteiger partial charge on any atom is -0.488 e. The Morgan fingerprint density at radius 1 is 1.38 bits per heavy atom. The van der Waals surface area contributed by atoms with Crippen molar-refractivity contribution in [3.63, 3.8) is 0 Å². The van der Waals surface area contributed by atoms with Crippen LogP contribution in [0, 0.1) is 12.7 Å². The van der Waals surface area contributed by atoms with E-state index in [0.29, 0.717) is 5.02 Å². The van der Waals surface area contributed by atoms with E-state index in [1.165, 1.54) is 12.1 Å². The summed E-state index contributed by atoms with van der Waals surface area (Å²) in [5.41, 5.74) is 0.718. The van der Waals surface area contributed by atoms with E-state index in [2.05, 4.69) is 0 Å². The molecule has 0 fully saturated rings. The van der Waals surface area contributed by atoms with Gasteiger partial charge in [0.1, 0.15) is 0 Å². The standard InChI is InChI=1S/C10H12ClFO/c1-6(2)13-10-5-8(11)7(3)4-9(10)12/h4-6H,1-3H3. The van der Waals surface area contributed by atoms with Gasteiger partial charge >= 0.3 is 0 Å². The molecule has 72 valence electrons. The van der Waals surface area contributed by atoms with Crippen LogP contribution in [0.2, 0.25) is 5.02 Å². The van der Waals surface area contributed by atoms with E-state index in [1.807, 2.05) is 13.8 Å². The number of halogens is 2. The van der Waals surface area contributed by atoms with Gasteiger partial charge in [-0.3, -0.25) is 0 Å². The fourth-order valence-corrected chi connectivity index (χ4v) is 1.13. The van der Waals surface area contributed by atoms with Crippen molar-refractivity contribution in [1.29, 1.82) is 0 Å². The Kier molecular flexibility index (Phi) is 3.15. The Bertz CT molecular complexity index is 310. The van der Waals surface area contributed by atoms with Gasteiger partial charge in [0.15, 0.2) is 11.6 Å². The van der Waals surface area contributed by atoms with Crippen molar-refractivity contribution in [1.82, 2.24) is 0 Å². The van der Waals surface area contributed by atoms with Gasteiger partial charge in [-0.25, -0.2) is 4.39 Å². The highest BCUT2D eigenvalue weighted by molar-refractivity contribution is 6.31. The van der Waals surface area contributed by atoms with Gasteiger partial charge in [0.25, 0.3) is 0 Å². The highest BCUT2D eigenvalue weighted by Gasteiger charge is 2.08. The second-order valence-electron chi connectivity index (χ2n) is 3.20. The highest BCUT2D eigenvalue weighted by Crippen LogP contribution is 2.26. The van der Waals surface area contributed by atoms with Crippen LogP contribution in [0.25, 0.3) is 0 Å². The fourth-order valence-electron chi connectivity index (χ4n) is 0.972. The van der Waals surface area contributed by atoms with Gasteiger partial charge < -0.3 is 4.74 Å². The van der Waals surface area contributed by atoms with Crippen molar-refractivity contribution < 1.29 is 9.13 Å². The summed E-state index contributed by atoms with van der Waals surface area (Å²) < 4.78 is 18.4. The molecule has 0 spiro atoms. The van der Waals surface area contributed by atoms with Crippen LogP contribution >= 0.6 is 11.6 Å². The first-order valence-electron chi connectivity index (χ1n) is 4.13. The van der Waals surface area contributed by atoms with Crippen LogP contribution in [0.5, 0.6) is 5.75 Å². The minimum atomic E-state index is -0.365. The lowest BCUT2D eigenvalue weighted by Crippen LogP contribution is -2.07. The van der Waals surface area contributed by atoms with Crippen LogP contribution in [0.4, 0.5) is 4.39 Å². The van der Waals surface area contributed by atoms with Crippen molar-refractivity contribution in [3.8, 4) is 5.75 Å². The molecule has 0 atom stereocenters. The van der Waals surface area contributed by atoms with Crippen molar-refractivity contribution in [2.45, 2.75) is 26.9 Å². The van der Waals surface area contributed by atoms with E-state index in [4.69, 9.17) is 16.3 Å². The highest BCUT2D eigenvalue weighted by atomic mass is 35.5. The normalized spacial score (nSPS) is 10.6. The predicted octanol–water partition coefficient (Wildman–Crippen LogP) is 3.57. The van der Waals surface area contributed by atoms with E-state index < -0.39 is 0 Å². The second kappa shape index (κ2) is 3.97. The number of aryl methyl sites for hydroxylation is 1. The Labute approximate surface area is 82.5 Å². The maximum Gasteiger partial charge on any atom is 0.165 e. The monoisotopic (exact) mass is 202 g/mol. The molecule has 0 saturated carbocycles. The molecule has 0 heterocycles. The van der Waals surface area contributed by atoms with Crippen LogP contribution in [-0.4, -0.2) is 6.10 Å². The van der Waals surface area contributed by atoms with Gasteiger partial charge in [-0.2, -0.15) is 0 Å². The van der Waals surface area contributed by atoms with Gasteiger partial charge in [-0.05, 0) is 32.4 Å². The fraction of sp³-hybridized carbons (Fsp3) is 0.400. The van der Waals surface area contributed by atoms with Crippen molar-refractivity contribution >= 4 is 11.6 Å². The molecule has 0 amide bonds. The summed E-state index contributed by atoms with van der Waals surface area (Å²) >= 11 is 5.82. The maximum absolute atomic E-state index is 13.2. The lowest BCUT2D eigenvalue weighted by molar-refractivity contribution is 0.231. The molecular formula is C10H12ClFO. The Morgan fingerprint density at radius 3 is 2.54 bits per heavy atom. The molecule has 1 aromatic rings. The van der Waals surface area contributed by atoms with Gasteiger partial charge in [0, 0.05) is 11.1 Å². The third-order valence-corrected chi connectivity index (χ3v) is 1.98. The second-order valence-corrected chi connectivity index (χ2v) is 3.61. The summed E-state index contributed by atoms with van der Waals surface area (Å²) in [7, 11) is 0. The molecule has 0 N–H and O–H groups in total. The topological polar surface area (TPSA) is 9.23 Å². The number of ether oxygens (including phenoxy) is 1. The van der Waals surface area contributed by atoms with Crippen LogP contribution in [-0.2, 0) is 0 Å². The molecule has 1 aromatic carbocycles. The molecule has 3 heteroatoms. The molecular weight excluding hydrogens is 191 g/mol. The number of hydrogen-bond acceptors (Lipinski definition) is 1. The molecule has 1 nitrogen and oxygen atoms in total. The molecule has 0 aromatic heterocycles. The maximum atomic E-state index is 13.2. The third kappa shape index (κ3) is 2.59. The zero-order valence-corrected chi connectivity index (χ0v) is 8.65. The first-order chi connectivity index (χ1) is 6.00. The van der Waals surface area contributed by atoms with E-state index in [-0.39, 0.29) is 17.7 Å². The number of rotatable bonds is 2. The molecule has 0 unspecified atom stereocenters. The van der Waals surface area contributed by atoms with E-state index in [0.717, 1.165) is 5.56 Å². The number of benzene rings is 1. The predicted molar refractivity (Wildman–Crippen MR) is 51.9 cm³/mol. The Balaban J connectivity index is 3.01. The SMILES string of the molecule is Cc1cc(F)c(OC(C)C)cc1Cl. The molecule has 0 radical (unpaired) electrons. The third-order valence-electron chi connectivity index (χ3n) is 1.58. The van der Waals surface area contributed by atoms with Crippen molar-refractivity contribution in [2.24, 2.45) is 0 Å². The summed E-state index contributed by atoms with van der Waals surface area (Å²) in [6.07, 6.45) is -0.0479. The Hall–Kier alpha value is -0.760. The number of hydrogen-bond donors (Lipinski definition) is 0. The Morgan fingerprint density at radius 2 is 2.00 bits per heavy atom. The van der Waals surface area contributed by atoms with E-state index in [9.17, 15) is 4.39 Å². The summed E-state index contributed by atoms with van der Waals surface area (Å²) in [5.74, 6) is -0.152. The minimum absolute atomic E-state index is 0.0479. The average Bonchev–Trinajstić information content (AvgIpc) is 1.99. The lowest BCUT2D eigenvalue weighted by atomic mass is 10.2. The zero-order chi connectivity index (χ0) is 10.0. The largest absolute Gasteiger partial charge is 0.488 e. The summed E-state index contributed by atoms with van der Waals surface area (Å²) in [4.78, 5) is 0. The molecule has 1 rings (SSSR count). The smallest absolute Gasteiger partial charge is 0.165 e. The van der Waals surface area contributed by atoms with Crippen LogP contribution in [0.3, 0.4) is 0 Å². The first kappa shape index (κ1) is 10.3. The summed E-state index contributed by atoms with van der Waals surface area (Å²) in [5, 5.41) is 0.525. The van der Waals surface area contributed by atoms with Gasteiger partial charge in [0.2, 0.25) is 0 Å². The quantitative estimate of drug-likeness (QED) is 0.713. The van der Waals surface area contributed by atoms with Crippen molar-refractivity contribution in [3.05, 3.63) is 28.5 Å². The van der Waals surface area contributed by atoms with Gasteiger partial charge in [-0.15, -0.1) is 0 Å². The van der Waals surface area contributed by atoms with Crippen LogP contribution in [0.1, 0.15) is 19.4 Å². The molecule has 0 aliphatic carbocycles. The van der Waals surface area contributed by atoms with Crippen LogP contribution < -0.4 is 4.74 Å². The first-order valence-corrected chi connectivity index (χ1v) is 4.51. The van der Waals surface area contributed by atoms with E-state index in [1.54, 1.807) is 6.92 Å².